The van der Waals surface area contributed by atoms with Gasteiger partial charge in [-0.05, 0) is 23.6 Å². The Morgan fingerprint density at radius 2 is 2.26 bits per heavy atom. The van der Waals surface area contributed by atoms with Crippen LogP contribution in [0.4, 0.5) is 5.82 Å². The first kappa shape index (κ1) is 11.7. The summed E-state index contributed by atoms with van der Waals surface area (Å²) in [6.45, 7) is 0.372. The molecule has 3 aromatic heterocycles. The van der Waals surface area contributed by atoms with Crippen LogP contribution >= 0.6 is 11.3 Å². The number of thiophene rings is 1. The molecule has 7 heteroatoms. The van der Waals surface area contributed by atoms with Gasteiger partial charge in [-0.25, -0.2) is 14.8 Å². The molecule has 2 N–H and O–H groups in total. The van der Waals surface area contributed by atoms with Crippen molar-refractivity contribution in [3.8, 4) is 0 Å². The van der Waals surface area contributed by atoms with E-state index in [1.54, 1.807) is 17.4 Å². The third-order valence-corrected chi connectivity index (χ3v) is 3.46. The molecule has 3 rings (SSSR count). The van der Waals surface area contributed by atoms with E-state index < -0.39 is 5.97 Å². The number of hydrogen-bond acceptors (Lipinski definition) is 6. The summed E-state index contributed by atoms with van der Waals surface area (Å²) < 4.78 is 6.12. The van der Waals surface area contributed by atoms with Gasteiger partial charge in [-0.3, -0.25) is 0 Å². The molecule has 96 valence electrons. The van der Waals surface area contributed by atoms with E-state index in [1.807, 2.05) is 11.4 Å². The number of nitrogens with one attached hydrogen (secondary N) is 1. The monoisotopic (exact) mass is 275 g/mol. The van der Waals surface area contributed by atoms with Crippen LogP contribution in [0.1, 0.15) is 16.3 Å². The smallest absolute Gasteiger partial charge is 0.371 e. The number of carboxylic acids is 1. The van der Waals surface area contributed by atoms with Crippen molar-refractivity contribution in [2.24, 2.45) is 0 Å². The van der Waals surface area contributed by atoms with Crippen LogP contribution in [0.25, 0.3) is 10.2 Å². The maximum atomic E-state index is 10.7. The Kier molecular flexibility index (Phi) is 2.88. The Bertz CT molecular complexity index is 734. The topological polar surface area (TPSA) is 88.2 Å². The van der Waals surface area contributed by atoms with Gasteiger partial charge in [0.1, 0.15) is 17.9 Å². The third-order valence-electron chi connectivity index (χ3n) is 2.55. The second-order valence-electron chi connectivity index (χ2n) is 3.78. The molecule has 3 aromatic rings. The lowest BCUT2D eigenvalue weighted by molar-refractivity contribution is 0.0660. The van der Waals surface area contributed by atoms with Crippen LogP contribution in [-0.4, -0.2) is 21.0 Å². The highest BCUT2D eigenvalue weighted by molar-refractivity contribution is 7.17. The Labute approximate surface area is 111 Å². The minimum absolute atomic E-state index is 0.0687. The molecule has 0 saturated carbocycles. The predicted octanol–water partition coefficient (Wildman–Crippen LogP) is 2.59. The summed E-state index contributed by atoms with van der Waals surface area (Å²) in [5, 5.41) is 13.8. The molecule has 0 saturated heterocycles. The molecule has 0 unspecified atom stereocenters. The summed E-state index contributed by atoms with van der Waals surface area (Å²) in [6, 6.07) is 4.98. The number of hydrogen-bond donors (Lipinski definition) is 2. The van der Waals surface area contributed by atoms with Gasteiger partial charge in [0.2, 0.25) is 5.76 Å². The average Bonchev–Trinajstić information content (AvgIpc) is 3.05. The number of rotatable bonds is 4. The van der Waals surface area contributed by atoms with Gasteiger partial charge in [0.25, 0.3) is 0 Å². The fourth-order valence-corrected chi connectivity index (χ4v) is 2.48. The zero-order chi connectivity index (χ0) is 13.2. The van der Waals surface area contributed by atoms with Crippen molar-refractivity contribution in [2.75, 3.05) is 5.32 Å². The molecular weight excluding hydrogens is 266 g/mol. The maximum Gasteiger partial charge on any atom is 0.371 e. The molecule has 0 bridgehead atoms. The van der Waals surface area contributed by atoms with Crippen LogP contribution in [0.3, 0.4) is 0 Å². The second-order valence-corrected chi connectivity index (χ2v) is 4.70. The van der Waals surface area contributed by atoms with Gasteiger partial charge < -0.3 is 14.8 Å². The van der Waals surface area contributed by atoms with Gasteiger partial charge >= 0.3 is 5.97 Å². The van der Waals surface area contributed by atoms with Gasteiger partial charge in [-0.1, -0.05) is 0 Å². The number of anilines is 1. The number of aromatic nitrogens is 2. The zero-order valence-corrected chi connectivity index (χ0v) is 10.5. The molecule has 0 aliphatic carbocycles. The van der Waals surface area contributed by atoms with Crippen LogP contribution in [0, 0.1) is 0 Å². The molecule has 0 fully saturated rings. The molecule has 0 aliphatic heterocycles. The molecular formula is C12H9N3O3S. The molecule has 0 spiro atoms. The van der Waals surface area contributed by atoms with E-state index in [0.717, 1.165) is 10.2 Å². The zero-order valence-electron chi connectivity index (χ0n) is 9.66. The normalized spacial score (nSPS) is 10.7. The van der Waals surface area contributed by atoms with E-state index in [9.17, 15) is 4.79 Å². The van der Waals surface area contributed by atoms with Crippen molar-refractivity contribution in [3.05, 3.63) is 41.4 Å². The van der Waals surface area contributed by atoms with Gasteiger partial charge in [0.15, 0.2) is 0 Å². The van der Waals surface area contributed by atoms with Gasteiger partial charge in [0.05, 0.1) is 16.8 Å². The number of nitrogens with zero attached hydrogens (tertiary/aromatic N) is 2. The van der Waals surface area contributed by atoms with Crippen LogP contribution < -0.4 is 5.32 Å². The van der Waals surface area contributed by atoms with Crippen LogP contribution in [0.2, 0.25) is 0 Å². The molecule has 0 aliphatic rings. The third kappa shape index (κ3) is 2.27. The van der Waals surface area contributed by atoms with Gasteiger partial charge in [-0.2, -0.15) is 0 Å². The quantitative estimate of drug-likeness (QED) is 0.760. The van der Waals surface area contributed by atoms with E-state index >= 15 is 0 Å². The number of carbonyl (C=O) groups is 1. The predicted molar refractivity (Wildman–Crippen MR) is 70.4 cm³/mol. The Balaban J connectivity index is 1.78. The highest BCUT2D eigenvalue weighted by Gasteiger charge is 2.10. The molecule has 3 heterocycles. The van der Waals surface area contributed by atoms with E-state index in [1.165, 1.54) is 12.4 Å². The summed E-state index contributed by atoms with van der Waals surface area (Å²) in [7, 11) is 0. The fourth-order valence-electron chi connectivity index (χ4n) is 1.67. The summed E-state index contributed by atoms with van der Waals surface area (Å²) in [4.78, 5) is 19.0. The van der Waals surface area contributed by atoms with Gasteiger partial charge in [-0.15, -0.1) is 11.3 Å². The lowest BCUT2D eigenvalue weighted by Gasteiger charge is -2.03. The Morgan fingerprint density at radius 3 is 3.05 bits per heavy atom. The second kappa shape index (κ2) is 4.69. The van der Waals surface area contributed by atoms with E-state index in [4.69, 9.17) is 9.52 Å². The summed E-state index contributed by atoms with van der Waals surface area (Å²) in [5.41, 5.74) is 0.883. The van der Waals surface area contributed by atoms with Crippen LogP contribution in [-0.2, 0) is 6.54 Å². The van der Waals surface area contributed by atoms with Gasteiger partial charge in [0, 0.05) is 0 Å². The lowest BCUT2D eigenvalue weighted by atomic mass is 10.4. The van der Waals surface area contributed by atoms with E-state index in [-0.39, 0.29) is 5.76 Å². The molecule has 0 radical (unpaired) electrons. The molecule has 0 aromatic carbocycles. The van der Waals surface area contributed by atoms with Crippen molar-refractivity contribution >= 4 is 33.3 Å². The number of carboxylic acid groups (broad SMARTS) is 1. The molecule has 6 nitrogen and oxygen atoms in total. The summed E-state index contributed by atoms with van der Waals surface area (Å²) in [6.07, 6.45) is 1.49. The average molecular weight is 275 g/mol. The number of furan rings is 1. The first-order valence-electron chi connectivity index (χ1n) is 5.48. The van der Waals surface area contributed by atoms with Crippen LogP contribution in [0.5, 0.6) is 0 Å². The van der Waals surface area contributed by atoms with Crippen molar-refractivity contribution in [2.45, 2.75) is 6.54 Å². The summed E-state index contributed by atoms with van der Waals surface area (Å²) in [5.74, 6) is 0.115. The Morgan fingerprint density at radius 1 is 1.37 bits per heavy atom. The van der Waals surface area contributed by atoms with Crippen LogP contribution in [0.15, 0.2) is 34.3 Å². The van der Waals surface area contributed by atoms with E-state index in [2.05, 4.69) is 15.3 Å². The number of fused-ring (bicyclic) bond motifs is 1. The largest absolute Gasteiger partial charge is 0.475 e. The first-order valence-corrected chi connectivity index (χ1v) is 6.36. The molecule has 0 atom stereocenters. The van der Waals surface area contributed by atoms with Crippen molar-refractivity contribution < 1.29 is 14.3 Å². The SMILES string of the molecule is O=C(O)c1ccc(CNc2ncnc3ccsc23)o1. The van der Waals surface area contributed by atoms with Crippen molar-refractivity contribution in [3.63, 3.8) is 0 Å². The highest BCUT2D eigenvalue weighted by Crippen LogP contribution is 2.25. The Hall–Kier alpha value is -2.41. The maximum absolute atomic E-state index is 10.7. The minimum Gasteiger partial charge on any atom is -0.475 e. The first-order chi connectivity index (χ1) is 9.24. The number of aromatic carboxylic acids is 1. The van der Waals surface area contributed by atoms with E-state index in [0.29, 0.717) is 18.1 Å². The lowest BCUT2D eigenvalue weighted by Crippen LogP contribution is -2.01. The minimum atomic E-state index is -1.08. The van der Waals surface area contributed by atoms with Crippen molar-refractivity contribution in [1.29, 1.82) is 0 Å². The standard InChI is InChI=1S/C12H9N3O3S/c16-12(17)9-2-1-7(18-9)5-13-11-10-8(3-4-19-10)14-6-15-11/h1-4,6H,5H2,(H,16,17)(H,13,14,15). The molecule has 0 amide bonds. The fraction of sp³-hybridized carbons (Fsp3) is 0.0833. The highest BCUT2D eigenvalue weighted by atomic mass is 32.1. The summed E-state index contributed by atoms with van der Waals surface area (Å²) >= 11 is 1.55. The molecule has 19 heavy (non-hydrogen) atoms. The van der Waals surface area contributed by atoms with Crippen molar-refractivity contribution in [1.82, 2.24) is 9.97 Å².